The topological polar surface area (TPSA) is 42.7 Å². The molecule has 0 unspecified atom stereocenters. The second kappa shape index (κ2) is 8.05. The second-order valence-corrected chi connectivity index (χ2v) is 8.54. The van der Waals surface area contributed by atoms with E-state index in [1.807, 2.05) is 29.0 Å². The van der Waals surface area contributed by atoms with Crippen LogP contribution in [0.15, 0.2) is 72.9 Å². The fraction of sp³-hybridized carbons (Fsp3) is 0.185. The molecule has 0 bridgehead atoms. The van der Waals surface area contributed by atoms with Crippen molar-refractivity contribution in [3.63, 3.8) is 0 Å². The summed E-state index contributed by atoms with van der Waals surface area (Å²) in [6.45, 7) is 1.76. The molecule has 164 valence electrons. The first-order valence-corrected chi connectivity index (χ1v) is 11.2. The van der Waals surface area contributed by atoms with E-state index in [0.717, 1.165) is 54.2 Å². The van der Waals surface area contributed by atoms with Crippen molar-refractivity contribution in [3.8, 4) is 22.5 Å². The Bertz CT molecular complexity index is 1480. The summed E-state index contributed by atoms with van der Waals surface area (Å²) >= 11 is 0. The zero-order chi connectivity index (χ0) is 22.4. The molecule has 1 saturated heterocycles. The highest BCUT2D eigenvalue weighted by atomic mass is 19.1. The second-order valence-electron chi connectivity index (χ2n) is 8.54. The maximum absolute atomic E-state index is 14.8. The van der Waals surface area contributed by atoms with Crippen LogP contribution in [-0.4, -0.2) is 27.6 Å². The zero-order valence-electron chi connectivity index (χ0n) is 17.9. The number of nitrogens with one attached hydrogen (secondary N) is 1. The number of halogens is 2. The Morgan fingerprint density at radius 1 is 0.848 bits per heavy atom. The van der Waals surface area contributed by atoms with Crippen LogP contribution >= 0.6 is 0 Å². The summed E-state index contributed by atoms with van der Waals surface area (Å²) in [6, 6.07) is 20.4. The summed E-state index contributed by atoms with van der Waals surface area (Å²) in [5.41, 5.74) is 3.73. The molecular formula is C27H22F2N4. The van der Waals surface area contributed by atoms with E-state index < -0.39 is 11.6 Å². The summed E-state index contributed by atoms with van der Waals surface area (Å²) in [4.78, 5) is 9.60. The molecule has 6 rings (SSSR count). The van der Waals surface area contributed by atoms with Gasteiger partial charge in [-0.15, -0.1) is 0 Å². The van der Waals surface area contributed by atoms with Crippen molar-refractivity contribution in [1.29, 1.82) is 0 Å². The molecule has 33 heavy (non-hydrogen) atoms. The van der Waals surface area contributed by atoms with Crippen LogP contribution in [0.4, 0.5) is 8.78 Å². The van der Waals surface area contributed by atoms with Gasteiger partial charge in [0.05, 0.1) is 5.56 Å². The van der Waals surface area contributed by atoms with Crippen molar-refractivity contribution < 1.29 is 8.78 Å². The highest BCUT2D eigenvalue weighted by Crippen LogP contribution is 2.34. The van der Waals surface area contributed by atoms with Gasteiger partial charge in [-0.05, 0) is 66.5 Å². The maximum Gasteiger partial charge on any atom is 0.160 e. The number of rotatable bonds is 3. The molecule has 2 aromatic heterocycles. The number of benzene rings is 3. The molecule has 1 aliphatic heterocycles. The van der Waals surface area contributed by atoms with Crippen molar-refractivity contribution in [1.82, 2.24) is 19.9 Å². The molecule has 0 aliphatic carbocycles. The van der Waals surface area contributed by atoms with Gasteiger partial charge in [-0.25, -0.2) is 18.7 Å². The van der Waals surface area contributed by atoms with Gasteiger partial charge in [0, 0.05) is 23.9 Å². The van der Waals surface area contributed by atoms with Crippen molar-refractivity contribution >= 4 is 21.9 Å². The number of imidazole rings is 1. The number of pyridine rings is 1. The van der Waals surface area contributed by atoms with Crippen molar-refractivity contribution in [2.75, 3.05) is 13.1 Å². The third-order valence-electron chi connectivity index (χ3n) is 6.46. The summed E-state index contributed by atoms with van der Waals surface area (Å²) in [5, 5.41) is 5.71. The predicted molar refractivity (Wildman–Crippen MR) is 127 cm³/mol. The molecule has 0 atom stereocenters. The Hall–Kier alpha value is -3.64. The lowest BCUT2D eigenvalue weighted by atomic mass is 10.0. The molecule has 0 spiro atoms. The van der Waals surface area contributed by atoms with Gasteiger partial charge in [0.15, 0.2) is 5.65 Å². The van der Waals surface area contributed by atoms with Gasteiger partial charge in [-0.1, -0.05) is 36.4 Å². The summed E-state index contributed by atoms with van der Waals surface area (Å²) in [7, 11) is 0. The van der Waals surface area contributed by atoms with Crippen LogP contribution in [0.1, 0.15) is 18.9 Å². The molecule has 3 aromatic carbocycles. The third-order valence-corrected chi connectivity index (χ3v) is 6.46. The van der Waals surface area contributed by atoms with Crippen LogP contribution in [0, 0.1) is 11.6 Å². The van der Waals surface area contributed by atoms with Gasteiger partial charge >= 0.3 is 0 Å². The summed E-state index contributed by atoms with van der Waals surface area (Å²) in [5.74, 6) is -0.717. The standard InChI is InChI=1S/C27H22F2N4/c28-21-7-8-23(24(29)15-21)26-32-25-14-20(19-6-5-17-3-1-2-4-18(17)13-19)16-31-27(25)33(26)22-9-11-30-12-10-22/h1-8,13-16,22,30H,9-12H2. The summed E-state index contributed by atoms with van der Waals surface area (Å²) in [6.07, 6.45) is 3.65. The molecule has 1 fully saturated rings. The van der Waals surface area contributed by atoms with Crippen LogP contribution < -0.4 is 5.32 Å². The van der Waals surface area contributed by atoms with Crippen molar-refractivity contribution in [2.24, 2.45) is 0 Å². The van der Waals surface area contributed by atoms with E-state index in [2.05, 4.69) is 35.6 Å². The quantitative estimate of drug-likeness (QED) is 0.367. The number of hydrogen-bond donors (Lipinski definition) is 1. The average molecular weight is 440 g/mol. The lowest BCUT2D eigenvalue weighted by molar-refractivity contribution is 0.376. The van der Waals surface area contributed by atoms with E-state index in [9.17, 15) is 8.78 Å². The number of nitrogens with zero attached hydrogens (tertiary/aromatic N) is 3. The van der Waals surface area contributed by atoms with E-state index in [1.165, 1.54) is 17.5 Å². The molecule has 4 nitrogen and oxygen atoms in total. The van der Waals surface area contributed by atoms with E-state index >= 15 is 0 Å². The lowest BCUT2D eigenvalue weighted by Crippen LogP contribution is -2.29. The minimum Gasteiger partial charge on any atom is -0.317 e. The molecule has 0 saturated carbocycles. The highest BCUT2D eigenvalue weighted by molar-refractivity contribution is 5.89. The van der Waals surface area contributed by atoms with Gasteiger partial charge in [0.25, 0.3) is 0 Å². The molecule has 0 radical (unpaired) electrons. The van der Waals surface area contributed by atoms with Crippen LogP contribution in [0.3, 0.4) is 0 Å². The zero-order valence-corrected chi connectivity index (χ0v) is 17.9. The number of piperidine rings is 1. The molecule has 1 aliphatic rings. The third kappa shape index (κ3) is 3.56. The molecule has 6 heteroatoms. The SMILES string of the molecule is Fc1ccc(-c2nc3cc(-c4ccc5ccccc5c4)cnc3n2C2CCNCC2)c(F)c1. The minimum atomic E-state index is -0.616. The molecule has 0 amide bonds. The van der Waals surface area contributed by atoms with Crippen LogP contribution in [-0.2, 0) is 0 Å². The van der Waals surface area contributed by atoms with Gasteiger partial charge in [-0.2, -0.15) is 0 Å². The summed E-state index contributed by atoms with van der Waals surface area (Å²) < 4.78 is 30.4. The van der Waals surface area contributed by atoms with Crippen molar-refractivity contribution in [3.05, 3.63) is 84.6 Å². The van der Waals surface area contributed by atoms with Gasteiger partial charge in [0.1, 0.15) is 23.0 Å². The fourth-order valence-electron chi connectivity index (χ4n) is 4.78. The largest absolute Gasteiger partial charge is 0.317 e. The number of aromatic nitrogens is 3. The number of hydrogen-bond acceptors (Lipinski definition) is 3. The molecule has 5 aromatic rings. The van der Waals surface area contributed by atoms with E-state index in [1.54, 1.807) is 0 Å². The smallest absolute Gasteiger partial charge is 0.160 e. The van der Waals surface area contributed by atoms with E-state index in [0.29, 0.717) is 16.9 Å². The monoisotopic (exact) mass is 440 g/mol. The Labute approximate surface area is 189 Å². The van der Waals surface area contributed by atoms with Gasteiger partial charge < -0.3 is 9.88 Å². The molecular weight excluding hydrogens is 418 g/mol. The van der Waals surface area contributed by atoms with Gasteiger partial charge in [-0.3, -0.25) is 0 Å². The van der Waals surface area contributed by atoms with Crippen LogP contribution in [0.25, 0.3) is 44.5 Å². The van der Waals surface area contributed by atoms with E-state index in [4.69, 9.17) is 9.97 Å². The lowest BCUT2D eigenvalue weighted by Gasteiger charge is -2.26. The Morgan fingerprint density at radius 2 is 1.67 bits per heavy atom. The molecule has 1 N–H and O–H groups in total. The Balaban J connectivity index is 1.53. The Morgan fingerprint density at radius 3 is 2.48 bits per heavy atom. The maximum atomic E-state index is 14.8. The fourth-order valence-corrected chi connectivity index (χ4v) is 4.78. The van der Waals surface area contributed by atoms with Crippen molar-refractivity contribution in [2.45, 2.75) is 18.9 Å². The van der Waals surface area contributed by atoms with E-state index in [-0.39, 0.29) is 6.04 Å². The molecule has 3 heterocycles. The predicted octanol–water partition coefficient (Wildman–Crippen LogP) is 6.12. The highest BCUT2D eigenvalue weighted by Gasteiger charge is 2.25. The average Bonchev–Trinajstić information content (AvgIpc) is 3.22. The first kappa shape index (κ1) is 20.0. The van der Waals surface area contributed by atoms with Gasteiger partial charge in [0.2, 0.25) is 0 Å². The van der Waals surface area contributed by atoms with Crippen LogP contribution in [0.2, 0.25) is 0 Å². The first-order valence-electron chi connectivity index (χ1n) is 11.2. The first-order chi connectivity index (χ1) is 16.2. The minimum absolute atomic E-state index is 0.148. The number of fused-ring (bicyclic) bond motifs is 2. The van der Waals surface area contributed by atoms with Crippen LogP contribution in [0.5, 0.6) is 0 Å². The Kier molecular flexibility index (Phi) is 4.88. The normalized spacial score (nSPS) is 14.8.